The maximum atomic E-state index is 12.3. The zero-order valence-electron chi connectivity index (χ0n) is 13.2. The molecule has 23 heavy (non-hydrogen) atoms. The molecule has 1 N–H and O–H groups in total. The van der Waals surface area contributed by atoms with Crippen molar-refractivity contribution in [2.24, 2.45) is 5.92 Å². The Labute approximate surface area is 139 Å². The van der Waals surface area contributed by atoms with Gasteiger partial charge in [-0.05, 0) is 25.7 Å². The van der Waals surface area contributed by atoms with Crippen LogP contribution in [0.1, 0.15) is 36.3 Å². The Morgan fingerprint density at radius 2 is 2.00 bits per heavy atom. The molecule has 1 aromatic rings. The van der Waals surface area contributed by atoms with E-state index in [1.54, 1.807) is 11.3 Å². The van der Waals surface area contributed by atoms with Crippen molar-refractivity contribution in [1.82, 2.24) is 14.8 Å². The maximum Gasteiger partial charge on any atom is 0.236 e. The maximum absolute atomic E-state index is 12.3. The van der Waals surface area contributed by atoms with E-state index >= 15 is 0 Å². The quantitative estimate of drug-likeness (QED) is 0.906. The second kappa shape index (κ2) is 6.20. The highest BCUT2D eigenvalue weighted by atomic mass is 32.1. The van der Waals surface area contributed by atoms with E-state index in [1.165, 1.54) is 4.88 Å². The molecule has 3 aliphatic rings. The lowest BCUT2D eigenvalue weighted by Gasteiger charge is -2.27. The first-order chi connectivity index (χ1) is 11.2. The van der Waals surface area contributed by atoms with Gasteiger partial charge in [0.25, 0.3) is 0 Å². The minimum absolute atomic E-state index is 0.108. The normalized spacial score (nSPS) is 21.3. The van der Waals surface area contributed by atoms with E-state index in [-0.39, 0.29) is 17.7 Å². The number of amides is 2. The fraction of sp³-hybridized carbons (Fsp3) is 0.688. The third-order valence-electron chi connectivity index (χ3n) is 4.81. The van der Waals surface area contributed by atoms with Crippen LogP contribution in [0.4, 0.5) is 5.13 Å². The SMILES string of the molecule is O=C(Nc1nc2c(s1)CN(CC(=O)N1CCCC1)CC2)C1CC1. The monoisotopic (exact) mass is 334 g/mol. The lowest BCUT2D eigenvalue weighted by atomic mass is 10.2. The highest BCUT2D eigenvalue weighted by Crippen LogP contribution is 2.32. The third kappa shape index (κ3) is 3.40. The van der Waals surface area contributed by atoms with Gasteiger partial charge in [0.05, 0.1) is 12.2 Å². The Kier molecular flexibility index (Phi) is 4.07. The summed E-state index contributed by atoms with van der Waals surface area (Å²) in [7, 11) is 0. The topological polar surface area (TPSA) is 65.5 Å². The van der Waals surface area contributed by atoms with E-state index < -0.39 is 0 Å². The van der Waals surface area contributed by atoms with Crippen molar-refractivity contribution >= 4 is 28.3 Å². The first-order valence-corrected chi connectivity index (χ1v) is 9.30. The average Bonchev–Trinajstić information content (AvgIpc) is 3.09. The van der Waals surface area contributed by atoms with Gasteiger partial charge in [-0.1, -0.05) is 0 Å². The minimum Gasteiger partial charge on any atom is -0.342 e. The number of nitrogens with zero attached hydrogens (tertiary/aromatic N) is 3. The first kappa shape index (κ1) is 15.1. The molecule has 0 radical (unpaired) electrons. The Bertz CT molecular complexity index is 620. The van der Waals surface area contributed by atoms with Crippen molar-refractivity contribution in [2.75, 3.05) is 31.5 Å². The van der Waals surface area contributed by atoms with Crippen LogP contribution in [0.25, 0.3) is 0 Å². The van der Waals surface area contributed by atoms with Gasteiger partial charge < -0.3 is 10.2 Å². The lowest BCUT2D eigenvalue weighted by Crippen LogP contribution is -2.40. The number of hydrogen-bond acceptors (Lipinski definition) is 5. The number of thiazole rings is 1. The van der Waals surface area contributed by atoms with Crippen LogP contribution in [0.5, 0.6) is 0 Å². The number of anilines is 1. The Morgan fingerprint density at radius 3 is 2.74 bits per heavy atom. The second-order valence-corrected chi connectivity index (χ2v) is 7.78. The number of likely N-dealkylation sites (tertiary alicyclic amines) is 1. The number of rotatable bonds is 4. The summed E-state index contributed by atoms with van der Waals surface area (Å²) >= 11 is 1.56. The Morgan fingerprint density at radius 1 is 1.22 bits per heavy atom. The van der Waals surface area contributed by atoms with Crippen molar-refractivity contribution in [3.05, 3.63) is 10.6 Å². The highest BCUT2D eigenvalue weighted by molar-refractivity contribution is 7.15. The molecule has 0 aromatic carbocycles. The molecule has 124 valence electrons. The molecule has 1 aromatic heterocycles. The van der Waals surface area contributed by atoms with Crippen LogP contribution in [0.3, 0.4) is 0 Å². The molecule has 2 fully saturated rings. The Hall–Kier alpha value is -1.47. The van der Waals surface area contributed by atoms with Crippen molar-refractivity contribution < 1.29 is 9.59 Å². The van der Waals surface area contributed by atoms with Crippen molar-refractivity contribution in [3.8, 4) is 0 Å². The van der Waals surface area contributed by atoms with Crippen LogP contribution in [0.2, 0.25) is 0 Å². The first-order valence-electron chi connectivity index (χ1n) is 8.48. The number of carbonyl (C=O) groups is 2. The van der Waals surface area contributed by atoms with Gasteiger partial charge in [0.15, 0.2) is 5.13 Å². The van der Waals surface area contributed by atoms with Crippen LogP contribution in [-0.2, 0) is 22.6 Å². The minimum atomic E-state index is 0.108. The van der Waals surface area contributed by atoms with Gasteiger partial charge in [-0.15, -0.1) is 11.3 Å². The fourth-order valence-corrected chi connectivity index (χ4v) is 4.30. The van der Waals surface area contributed by atoms with Crippen molar-refractivity contribution in [3.63, 3.8) is 0 Å². The van der Waals surface area contributed by atoms with Crippen LogP contribution < -0.4 is 5.32 Å². The molecule has 2 aliphatic heterocycles. The smallest absolute Gasteiger partial charge is 0.236 e. The molecule has 2 amide bonds. The van der Waals surface area contributed by atoms with Crippen molar-refractivity contribution in [1.29, 1.82) is 0 Å². The zero-order valence-corrected chi connectivity index (χ0v) is 14.0. The molecule has 4 rings (SSSR count). The van der Waals surface area contributed by atoms with Crippen LogP contribution in [-0.4, -0.2) is 52.8 Å². The number of hydrogen-bond donors (Lipinski definition) is 1. The van der Waals surface area contributed by atoms with E-state index in [4.69, 9.17) is 0 Å². The summed E-state index contributed by atoms with van der Waals surface area (Å²) in [5, 5.41) is 3.66. The van der Waals surface area contributed by atoms with Crippen LogP contribution in [0, 0.1) is 5.92 Å². The van der Waals surface area contributed by atoms with Gasteiger partial charge in [-0.2, -0.15) is 0 Å². The number of aromatic nitrogens is 1. The fourth-order valence-electron chi connectivity index (χ4n) is 3.25. The van der Waals surface area contributed by atoms with Gasteiger partial charge in [0.2, 0.25) is 11.8 Å². The number of carbonyl (C=O) groups excluding carboxylic acids is 2. The molecular weight excluding hydrogens is 312 g/mol. The van der Waals surface area contributed by atoms with E-state index in [0.717, 1.165) is 69.1 Å². The number of nitrogens with one attached hydrogen (secondary N) is 1. The molecule has 0 unspecified atom stereocenters. The predicted molar refractivity (Wildman–Crippen MR) is 88.3 cm³/mol. The summed E-state index contributed by atoms with van der Waals surface area (Å²) in [5.74, 6) is 0.556. The van der Waals surface area contributed by atoms with E-state index in [9.17, 15) is 9.59 Å². The molecule has 1 saturated heterocycles. The summed E-state index contributed by atoms with van der Waals surface area (Å²) in [5.41, 5.74) is 1.09. The van der Waals surface area contributed by atoms with Crippen LogP contribution >= 0.6 is 11.3 Å². The van der Waals surface area contributed by atoms with Gasteiger partial charge in [0, 0.05) is 43.4 Å². The molecule has 0 bridgehead atoms. The predicted octanol–water partition coefficient (Wildman–Crippen LogP) is 1.47. The van der Waals surface area contributed by atoms with Gasteiger partial charge in [0.1, 0.15) is 0 Å². The van der Waals surface area contributed by atoms with E-state index in [0.29, 0.717) is 6.54 Å². The summed E-state index contributed by atoms with van der Waals surface area (Å²) < 4.78 is 0. The summed E-state index contributed by atoms with van der Waals surface area (Å²) in [6, 6.07) is 0. The second-order valence-electron chi connectivity index (χ2n) is 6.70. The van der Waals surface area contributed by atoms with Gasteiger partial charge in [-0.25, -0.2) is 4.98 Å². The average molecular weight is 334 g/mol. The lowest BCUT2D eigenvalue weighted by molar-refractivity contribution is -0.131. The zero-order chi connectivity index (χ0) is 15.8. The summed E-state index contributed by atoms with van der Waals surface area (Å²) in [6.07, 6.45) is 5.13. The molecule has 1 saturated carbocycles. The summed E-state index contributed by atoms with van der Waals surface area (Å²) in [6.45, 7) is 3.96. The molecule has 7 heteroatoms. The van der Waals surface area contributed by atoms with Gasteiger partial charge in [-0.3, -0.25) is 14.5 Å². The largest absolute Gasteiger partial charge is 0.342 e. The van der Waals surface area contributed by atoms with E-state index in [1.807, 2.05) is 4.90 Å². The number of fused-ring (bicyclic) bond motifs is 1. The highest BCUT2D eigenvalue weighted by Gasteiger charge is 2.31. The van der Waals surface area contributed by atoms with Crippen molar-refractivity contribution in [2.45, 2.75) is 38.6 Å². The summed E-state index contributed by atoms with van der Waals surface area (Å²) in [4.78, 5) is 34.0. The third-order valence-corrected chi connectivity index (χ3v) is 5.80. The standard InChI is InChI=1S/C16H22N4O2S/c21-14(20-6-1-2-7-20)10-19-8-5-12-13(9-19)23-16(17-12)18-15(22)11-3-4-11/h11H,1-10H2,(H,17,18,22). The molecule has 3 heterocycles. The molecule has 0 atom stereocenters. The molecular formula is C16H22N4O2S. The van der Waals surface area contributed by atoms with E-state index in [2.05, 4.69) is 15.2 Å². The van der Waals surface area contributed by atoms with Gasteiger partial charge >= 0.3 is 0 Å². The van der Waals surface area contributed by atoms with Crippen LogP contribution in [0.15, 0.2) is 0 Å². The Balaban J connectivity index is 1.35. The molecule has 6 nitrogen and oxygen atoms in total. The molecule has 1 aliphatic carbocycles. The molecule has 0 spiro atoms.